The van der Waals surface area contributed by atoms with E-state index in [0.717, 1.165) is 31.8 Å². The van der Waals surface area contributed by atoms with Crippen LogP contribution < -0.4 is 5.73 Å². The summed E-state index contributed by atoms with van der Waals surface area (Å²) in [7, 11) is 0. The first-order valence-electron chi connectivity index (χ1n) is 7.67. The number of hydrogen-bond acceptors (Lipinski definition) is 2. The average molecular weight is 252 g/mol. The normalized spacial score (nSPS) is 34.6. The minimum Gasteiger partial charge on any atom is -0.342 e. The number of hydrogen-bond donors (Lipinski definition) is 1. The lowest BCUT2D eigenvalue weighted by atomic mass is 9.77. The van der Waals surface area contributed by atoms with Gasteiger partial charge in [-0.25, -0.2) is 0 Å². The van der Waals surface area contributed by atoms with Gasteiger partial charge in [-0.2, -0.15) is 0 Å². The molecule has 0 bridgehead atoms. The maximum Gasteiger partial charge on any atom is 0.227 e. The number of nitrogens with zero attached hydrogens (tertiary/aromatic N) is 1. The van der Waals surface area contributed by atoms with Crippen LogP contribution in [0.4, 0.5) is 0 Å². The maximum absolute atomic E-state index is 12.6. The number of nitrogens with two attached hydrogens (primary N) is 1. The van der Waals surface area contributed by atoms with E-state index < -0.39 is 0 Å². The molecule has 3 nitrogen and oxygen atoms in total. The Morgan fingerprint density at radius 1 is 1.22 bits per heavy atom. The molecule has 3 unspecified atom stereocenters. The van der Waals surface area contributed by atoms with Crippen molar-refractivity contribution in [3.05, 3.63) is 0 Å². The van der Waals surface area contributed by atoms with Crippen LogP contribution in [0.2, 0.25) is 0 Å². The molecule has 0 aromatic carbocycles. The number of likely N-dealkylation sites (tertiary alicyclic amines) is 1. The first-order chi connectivity index (χ1) is 8.63. The molecule has 2 N–H and O–H groups in total. The molecule has 2 rings (SSSR count). The monoisotopic (exact) mass is 252 g/mol. The maximum atomic E-state index is 12.6. The van der Waals surface area contributed by atoms with Crippen molar-refractivity contribution in [1.82, 2.24) is 4.90 Å². The second-order valence-corrected chi connectivity index (χ2v) is 6.27. The Hall–Kier alpha value is -0.570. The van der Waals surface area contributed by atoms with Crippen molar-refractivity contribution in [2.24, 2.45) is 23.5 Å². The molecule has 1 saturated heterocycles. The van der Waals surface area contributed by atoms with Gasteiger partial charge >= 0.3 is 0 Å². The van der Waals surface area contributed by atoms with E-state index in [1.807, 2.05) is 0 Å². The first-order valence-corrected chi connectivity index (χ1v) is 7.67. The van der Waals surface area contributed by atoms with Gasteiger partial charge in [0.25, 0.3) is 0 Å². The van der Waals surface area contributed by atoms with Crippen molar-refractivity contribution in [2.45, 2.75) is 58.4 Å². The van der Waals surface area contributed by atoms with E-state index in [9.17, 15) is 4.79 Å². The van der Waals surface area contributed by atoms with Gasteiger partial charge in [-0.15, -0.1) is 0 Å². The van der Waals surface area contributed by atoms with Gasteiger partial charge in [-0.1, -0.05) is 26.7 Å². The Kier molecular flexibility index (Phi) is 4.66. The number of rotatable bonds is 2. The van der Waals surface area contributed by atoms with E-state index in [4.69, 9.17) is 5.73 Å². The zero-order chi connectivity index (χ0) is 13.1. The van der Waals surface area contributed by atoms with Crippen LogP contribution in [-0.4, -0.2) is 29.9 Å². The summed E-state index contributed by atoms with van der Waals surface area (Å²) in [6.45, 7) is 6.35. The van der Waals surface area contributed by atoms with E-state index >= 15 is 0 Å². The van der Waals surface area contributed by atoms with Crippen molar-refractivity contribution in [2.75, 3.05) is 13.1 Å². The summed E-state index contributed by atoms with van der Waals surface area (Å²) in [5.74, 6) is 1.75. The lowest BCUT2D eigenvalue weighted by molar-refractivity contribution is -0.139. The molecule has 3 atom stereocenters. The van der Waals surface area contributed by atoms with Crippen LogP contribution in [0.1, 0.15) is 52.4 Å². The largest absolute Gasteiger partial charge is 0.342 e. The SMILES string of the molecule is CCC1CCN(C(=O)C2CCCC(C)C2N)CC1. The summed E-state index contributed by atoms with van der Waals surface area (Å²) >= 11 is 0. The second kappa shape index (κ2) is 6.05. The molecule has 0 radical (unpaired) electrons. The van der Waals surface area contributed by atoms with Crippen molar-refractivity contribution in [3.63, 3.8) is 0 Å². The molecular formula is C15H28N2O. The van der Waals surface area contributed by atoms with Crippen molar-refractivity contribution in [1.29, 1.82) is 0 Å². The van der Waals surface area contributed by atoms with Gasteiger partial charge in [0.05, 0.1) is 5.92 Å². The second-order valence-electron chi connectivity index (χ2n) is 6.27. The van der Waals surface area contributed by atoms with Crippen LogP contribution in [0.3, 0.4) is 0 Å². The molecule has 3 heteroatoms. The number of carbonyl (C=O) groups excluding carboxylic acids is 1. The lowest BCUT2D eigenvalue weighted by Crippen LogP contribution is -2.50. The molecule has 1 heterocycles. The third-order valence-corrected chi connectivity index (χ3v) is 5.12. The lowest BCUT2D eigenvalue weighted by Gasteiger charge is -2.39. The van der Waals surface area contributed by atoms with Gasteiger partial charge < -0.3 is 10.6 Å². The first kappa shape index (κ1) is 13.9. The smallest absolute Gasteiger partial charge is 0.227 e. The summed E-state index contributed by atoms with van der Waals surface area (Å²) in [5, 5.41) is 0. The highest BCUT2D eigenvalue weighted by Gasteiger charge is 2.36. The highest BCUT2D eigenvalue weighted by Crippen LogP contribution is 2.30. The Morgan fingerprint density at radius 3 is 2.50 bits per heavy atom. The molecule has 1 aliphatic carbocycles. The predicted molar refractivity (Wildman–Crippen MR) is 74.1 cm³/mol. The molecule has 1 amide bonds. The van der Waals surface area contributed by atoms with Gasteiger partial charge in [-0.05, 0) is 37.5 Å². The third-order valence-electron chi connectivity index (χ3n) is 5.12. The highest BCUT2D eigenvalue weighted by molar-refractivity contribution is 5.79. The number of carbonyl (C=O) groups is 1. The Morgan fingerprint density at radius 2 is 1.89 bits per heavy atom. The minimum absolute atomic E-state index is 0.0788. The number of amides is 1. The highest BCUT2D eigenvalue weighted by atomic mass is 16.2. The summed E-state index contributed by atoms with van der Waals surface area (Å²) in [6, 6.07) is 0.0788. The molecule has 2 fully saturated rings. The van der Waals surface area contributed by atoms with Crippen LogP contribution >= 0.6 is 0 Å². The van der Waals surface area contributed by atoms with Gasteiger partial charge in [0.1, 0.15) is 0 Å². The third kappa shape index (κ3) is 2.87. The van der Waals surface area contributed by atoms with Gasteiger partial charge in [0, 0.05) is 19.1 Å². The van der Waals surface area contributed by atoms with Crippen LogP contribution in [0.15, 0.2) is 0 Å². The number of piperidine rings is 1. The zero-order valence-electron chi connectivity index (χ0n) is 11.9. The van der Waals surface area contributed by atoms with Gasteiger partial charge in [0.15, 0.2) is 0 Å². The van der Waals surface area contributed by atoms with E-state index in [0.29, 0.717) is 11.8 Å². The van der Waals surface area contributed by atoms with Crippen molar-refractivity contribution >= 4 is 5.91 Å². The zero-order valence-corrected chi connectivity index (χ0v) is 11.9. The Balaban J connectivity index is 1.91. The molecule has 0 aromatic rings. The molecule has 0 aromatic heterocycles. The van der Waals surface area contributed by atoms with Crippen LogP contribution in [-0.2, 0) is 4.79 Å². The fourth-order valence-corrected chi connectivity index (χ4v) is 3.53. The van der Waals surface area contributed by atoms with E-state index in [2.05, 4.69) is 18.7 Å². The van der Waals surface area contributed by atoms with Crippen molar-refractivity contribution in [3.8, 4) is 0 Å². The van der Waals surface area contributed by atoms with E-state index in [-0.39, 0.29) is 12.0 Å². The summed E-state index contributed by atoms with van der Waals surface area (Å²) in [5.41, 5.74) is 6.24. The van der Waals surface area contributed by atoms with Crippen LogP contribution in [0.5, 0.6) is 0 Å². The molecular weight excluding hydrogens is 224 g/mol. The van der Waals surface area contributed by atoms with Crippen LogP contribution in [0.25, 0.3) is 0 Å². The van der Waals surface area contributed by atoms with Gasteiger partial charge in [-0.3, -0.25) is 4.79 Å². The fourth-order valence-electron chi connectivity index (χ4n) is 3.53. The molecule has 18 heavy (non-hydrogen) atoms. The predicted octanol–water partition coefficient (Wildman–Crippen LogP) is 2.40. The molecule has 104 valence electrons. The molecule has 0 spiro atoms. The average Bonchev–Trinajstić information content (AvgIpc) is 2.41. The van der Waals surface area contributed by atoms with Gasteiger partial charge in [0.2, 0.25) is 5.91 Å². The summed E-state index contributed by atoms with van der Waals surface area (Å²) < 4.78 is 0. The Labute approximate surface area is 111 Å². The van der Waals surface area contributed by atoms with E-state index in [1.54, 1.807) is 0 Å². The van der Waals surface area contributed by atoms with E-state index in [1.165, 1.54) is 25.7 Å². The fraction of sp³-hybridized carbons (Fsp3) is 0.933. The Bertz CT molecular complexity index is 284. The molecule has 1 aliphatic heterocycles. The summed E-state index contributed by atoms with van der Waals surface area (Å²) in [4.78, 5) is 14.6. The van der Waals surface area contributed by atoms with Crippen LogP contribution in [0, 0.1) is 17.8 Å². The summed E-state index contributed by atoms with van der Waals surface area (Å²) in [6.07, 6.45) is 6.96. The molecule has 1 saturated carbocycles. The quantitative estimate of drug-likeness (QED) is 0.820. The topological polar surface area (TPSA) is 46.3 Å². The minimum atomic E-state index is 0.0788. The van der Waals surface area contributed by atoms with Crippen molar-refractivity contribution < 1.29 is 4.79 Å². The standard InChI is InChI=1S/C15H28N2O/c1-3-12-7-9-17(10-8-12)15(18)13-6-4-5-11(2)14(13)16/h11-14H,3-10,16H2,1-2H3. The molecule has 2 aliphatic rings.